The van der Waals surface area contributed by atoms with Gasteiger partial charge >= 0.3 is 197 Å². The largest absolute Gasteiger partial charge is 0.0619 e. The van der Waals surface area contributed by atoms with Crippen molar-refractivity contribution >= 4 is 38.4 Å². The molecule has 48 heavy (non-hydrogen) atoms. The summed E-state index contributed by atoms with van der Waals surface area (Å²) in [7, 11) is 0. The van der Waals surface area contributed by atoms with E-state index in [1.165, 1.54) is 10.1 Å². The molecule has 2 aliphatic rings. The first kappa shape index (κ1) is 22.8. The van der Waals surface area contributed by atoms with Gasteiger partial charge in [0.2, 0.25) is 0 Å². The predicted molar refractivity (Wildman–Crippen MR) is 190 cm³/mol. The Kier molecular flexibility index (Phi) is 4.48. The third kappa shape index (κ3) is 3.45. The van der Waals surface area contributed by atoms with Crippen LogP contribution < -0.4 is 4.74 Å². The molecule has 1 aliphatic carbocycles. The number of benzene rings is 5. The number of pyridine rings is 1. The predicted octanol–water partition coefficient (Wildman–Crippen LogP) is 9.87. The number of nitrogens with zero attached hydrogens (tertiary/aromatic N) is 4. The van der Waals surface area contributed by atoms with Gasteiger partial charge in [0.15, 0.2) is 0 Å². The van der Waals surface area contributed by atoms with E-state index < -0.39 is 13.8 Å². The van der Waals surface area contributed by atoms with Crippen molar-refractivity contribution in [3.63, 3.8) is 0 Å². The van der Waals surface area contributed by atoms with Crippen LogP contribution in [0.3, 0.4) is 0 Å². The summed E-state index contributed by atoms with van der Waals surface area (Å²) in [5.74, 6) is 1.13. The number of rotatable bonds is 3. The number of imidazole rings is 2. The van der Waals surface area contributed by atoms with Crippen molar-refractivity contribution < 1.29 is 32.3 Å². The molecule has 5 nitrogen and oxygen atoms in total. The average molecular weight is 812 g/mol. The first-order valence-corrected chi connectivity index (χ1v) is 17.2. The summed E-state index contributed by atoms with van der Waals surface area (Å²) >= 11 is 2.07. The fourth-order valence-electron chi connectivity index (χ4n) is 8.48. The van der Waals surface area contributed by atoms with Gasteiger partial charge in [0.25, 0.3) is 0 Å². The van der Waals surface area contributed by atoms with Crippen LogP contribution in [0.15, 0.2) is 103 Å². The van der Waals surface area contributed by atoms with E-state index in [1.807, 2.05) is 77.4 Å². The second-order valence-corrected chi connectivity index (χ2v) is 14.9. The van der Waals surface area contributed by atoms with Crippen LogP contribution in [-0.4, -0.2) is 18.5 Å². The van der Waals surface area contributed by atoms with E-state index in [0.717, 1.165) is 67.5 Å². The summed E-state index contributed by atoms with van der Waals surface area (Å²) < 4.78 is 63.3. The van der Waals surface area contributed by atoms with Crippen LogP contribution in [0.4, 0.5) is 0 Å². The molecule has 0 radical (unpaired) electrons. The zero-order chi connectivity index (χ0) is 37.7. The molecule has 4 heterocycles. The Morgan fingerprint density at radius 3 is 2.50 bits per heavy atom. The first-order chi connectivity index (χ1) is 25.6. The summed E-state index contributed by atoms with van der Waals surface area (Å²) in [4.78, 5) is 5.44. The summed E-state index contributed by atoms with van der Waals surface area (Å²) in [6.07, 6.45) is 0.832. The third-order valence-electron chi connectivity index (χ3n) is 11.2. The van der Waals surface area contributed by atoms with Crippen molar-refractivity contribution in [2.45, 2.75) is 44.9 Å². The maximum atomic E-state index is 8.64. The summed E-state index contributed by atoms with van der Waals surface area (Å²) in [6.45, 7) is 2.19. The van der Waals surface area contributed by atoms with Crippen molar-refractivity contribution in [1.82, 2.24) is 18.5 Å². The Labute approximate surface area is 297 Å². The zero-order valence-corrected chi connectivity index (χ0v) is 28.8. The first-order valence-electron chi connectivity index (χ1n) is 19.1. The van der Waals surface area contributed by atoms with Crippen LogP contribution in [-0.2, 0) is 43.6 Å². The van der Waals surface area contributed by atoms with Gasteiger partial charge in [-0.3, -0.25) is 0 Å². The van der Waals surface area contributed by atoms with Crippen molar-refractivity contribution in [3.05, 3.63) is 129 Å². The van der Waals surface area contributed by atoms with Crippen molar-refractivity contribution in [2.75, 3.05) is 0 Å². The summed E-state index contributed by atoms with van der Waals surface area (Å²) in [6, 6.07) is 33.2. The molecule has 0 amide bonds. The molecule has 0 saturated heterocycles. The molecule has 5 aromatic carbocycles. The summed E-state index contributed by atoms with van der Waals surface area (Å²) in [5.41, 5.74) is 8.99. The smallest absolute Gasteiger partial charge is 0.0237 e. The molecule has 1 aliphatic heterocycles. The van der Waals surface area contributed by atoms with Crippen LogP contribution in [0, 0.1) is 10.7 Å². The fraction of sp³-hybridized carbons (Fsp3) is 0.190. The quantitative estimate of drug-likeness (QED) is 0.167. The van der Waals surface area contributed by atoms with E-state index in [4.69, 9.17) is 17.9 Å². The van der Waals surface area contributed by atoms with Crippen LogP contribution in [0.25, 0.3) is 55.3 Å². The van der Waals surface area contributed by atoms with Gasteiger partial charge in [0.05, 0.1) is 0 Å². The van der Waals surface area contributed by atoms with Crippen LogP contribution in [0.1, 0.15) is 51.4 Å². The van der Waals surface area contributed by atoms with Crippen LogP contribution >= 0.6 is 0 Å². The minimum absolute atomic E-state index is 0.315. The molecule has 1 unspecified atom stereocenters. The maximum Gasteiger partial charge on any atom is 0.0237 e. The molecule has 10 rings (SSSR count). The number of hydrogen-bond acceptors (Lipinski definition) is 2. The van der Waals surface area contributed by atoms with Gasteiger partial charge in [-0.05, 0) is 24.4 Å². The third-order valence-corrected chi connectivity index (χ3v) is 12.2. The Hall–Kier alpha value is -4.73. The van der Waals surface area contributed by atoms with Crippen LogP contribution in [0.5, 0.6) is 11.5 Å². The number of aromatic nitrogens is 4. The Balaban J connectivity index is 1.21. The molecule has 0 spiro atoms. The second kappa shape index (κ2) is 9.45. The number of hydrogen-bond donors (Lipinski definition) is 0. The standard InChI is InChI=1S/C42H34N4O.Pt/c1-25-17-20-33-38-36(25)31-19-18-29(47-28-13-10-12-27(21-28)45-24-44(5)34-15-8-9-16-35(34)45)22-32(31)40-43-37-30-14-7-6-11-26(30)23-42(4,41(33,2)3)39(37)46(38)40;/h6-22H,23H2,1-5H3;/i1D3,5D3;. The SMILES string of the molecule is [2H]C([2H])([2H])c1ccc2c3c1c1ccc(Oc4cccc(-n5[c](=[Pt])n(C([2H])([2H])[2H])c6ccccc65)c4)cc1c1nc4c(n13)C(C)(Cc1ccccc1-4)C2(C)C. The minimum atomic E-state index is -2.36. The van der Waals surface area contributed by atoms with E-state index >= 15 is 0 Å². The zero-order valence-electron chi connectivity index (χ0n) is 32.5. The van der Waals surface area contributed by atoms with Gasteiger partial charge in [-0.25, -0.2) is 0 Å². The maximum absolute atomic E-state index is 8.64. The Morgan fingerprint density at radius 1 is 0.833 bits per heavy atom. The van der Waals surface area contributed by atoms with Gasteiger partial charge in [-0.2, -0.15) is 0 Å². The van der Waals surface area contributed by atoms with E-state index in [-0.39, 0.29) is 10.8 Å². The number of ether oxygens (including phenoxy) is 1. The molecule has 0 N–H and O–H groups in total. The van der Waals surface area contributed by atoms with Gasteiger partial charge in [0, 0.05) is 20.5 Å². The molecular weight excluding hydrogens is 772 g/mol. The van der Waals surface area contributed by atoms with E-state index in [1.54, 1.807) is 6.07 Å². The monoisotopic (exact) mass is 811 g/mol. The minimum Gasteiger partial charge on any atom is -0.0619 e. The van der Waals surface area contributed by atoms with Crippen molar-refractivity contribution in [3.8, 4) is 28.4 Å². The van der Waals surface area contributed by atoms with Crippen molar-refractivity contribution in [1.29, 1.82) is 0 Å². The number of aryl methyl sites for hydroxylation is 2. The molecule has 8 aromatic rings. The number of fused-ring (bicyclic) bond motifs is 6. The van der Waals surface area contributed by atoms with Crippen LogP contribution in [0.2, 0.25) is 0 Å². The molecule has 1 atom stereocenters. The van der Waals surface area contributed by atoms with E-state index in [0.29, 0.717) is 26.4 Å². The molecule has 6 heteroatoms. The normalized spacial score (nSPS) is 19.9. The molecular formula is C42H34N4OPt. The van der Waals surface area contributed by atoms with Gasteiger partial charge < -0.3 is 0 Å². The molecule has 0 saturated carbocycles. The topological polar surface area (TPSA) is 36.4 Å². The van der Waals surface area contributed by atoms with E-state index in [9.17, 15) is 0 Å². The average Bonchev–Trinajstić information content (AvgIpc) is 3.67. The molecule has 3 aromatic heterocycles. The Morgan fingerprint density at radius 2 is 1.65 bits per heavy atom. The van der Waals surface area contributed by atoms with Gasteiger partial charge in [0.1, 0.15) is 0 Å². The van der Waals surface area contributed by atoms with Gasteiger partial charge in [-0.1, -0.05) is 57.2 Å². The number of para-hydroxylation sites is 2. The molecule has 0 fully saturated rings. The fourth-order valence-corrected chi connectivity index (χ4v) is 9.32. The van der Waals surface area contributed by atoms with Gasteiger partial charge in [-0.15, -0.1) is 0 Å². The summed E-state index contributed by atoms with van der Waals surface area (Å²) in [5, 5.41) is 2.33. The Bertz CT molecular complexity index is 3010. The molecule has 238 valence electrons. The van der Waals surface area contributed by atoms with Crippen molar-refractivity contribution in [2.24, 2.45) is 6.98 Å². The second-order valence-electron chi connectivity index (χ2n) is 13.9. The van der Waals surface area contributed by atoms with E-state index in [2.05, 4.69) is 68.8 Å². The molecule has 0 bridgehead atoms.